The van der Waals surface area contributed by atoms with Crippen molar-refractivity contribution in [1.82, 2.24) is 15.1 Å². The van der Waals surface area contributed by atoms with Gasteiger partial charge in [0.25, 0.3) is 0 Å². The van der Waals surface area contributed by atoms with Gasteiger partial charge in [-0.1, -0.05) is 0 Å². The summed E-state index contributed by atoms with van der Waals surface area (Å²) >= 11 is 0. The van der Waals surface area contributed by atoms with E-state index in [0.717, 1.165) is 0 Å². The molecule has 0 unspecified atom stereocenters. The molecule has 0 aromatic carbocycles. The third-order valence-electron chi connectivity index (χ3n) is 2.44. The van der Waals surface area contributed by atoms with Crippen molar-refractivity contribution in [2.75, 3.05) is 6.61 Å². The number of carboxylic acids is 1. The molecule has 0 saturated heterocycles. The molecule has 0 aliphatic heterocycles. The van der Waals surface area contributed by atoms with Crippen LogP contribution in [0.2, 0.25) is 0 Å². The number of hydrogen-bond acceptors (Lipinski definition) is 5. The number of aromatic nitrogens is 2. The fraction of sp³-hybridized carbons (Fsp3) is 0.500. The van der Waals surface area contributed by atoms with Gasteiger partial charge < -0.3 is 15.2 Å². The number of ether oxygens (including phenoxy) is 1. The Balaban J connectivity index is 2.44. The van der Waals surface area contributed by atoms with Crippen LogP contribution in [0.5, 0.6) is 0 Å². The minimum Gasteiger partial charge on any atom is -0.480 e. The second-order valence-corrected chi connectivity index (χ2v) is 4.01. The zero-order valence-corrected chi connectivity index (χ0v) is 11.1. The number of carboxylic acid groups (broad SMARTS) is 1. The van der Waals surface area contributed by atoms with E-state index < -0.39 is 23.9 Å². The monoisotopic (exact) mass is 283 g/mol. The quantitative estimate of drug-likeness (QED) is 0.639. The largest absolute Gasteiger partial charge is 0.480 e. The van der Waals surface area contributed by atoms with E-state index in [1.807, 2.05) is 0 Å². The van der Waals surface area contributed by atoms with Gasteiger partial charge in [-0.15, -0.1) is 0 Å². The molecule has 1 aromatic rings. The van der Waals surface area contributed by atoms with Crippen molar-refractivity contribution >= 4 is 17.8 Å². The standard InChI is InChI=1S/C12H17N3O5/c1-2-20-11(17)5-4-9(12(18)19)14-10(16)8-15-7-3-6-13-15/h3,6-7,9H,2,4-5,8H2,1H3,(H,14,16)(H,18,19)/t9-/m0/s1. The number of rotatable bonds is 8. The van der Waals surface area contributed by atoms with Crippen molar-refractivity contribution in [1.29, 1.82) is 0 Å². The van der Waals surface area contributed by atoms with Crippen LogP contribution in [0.4, 0.5) is 0 Å². The van der Waals surface area contributed by atoms with Gasteiger partial charge in [-0.2, -0.15) is 5.10 Å². The van der Waals surface area contributed by atoms with E-state index >= 15 is 0 Å². The Hall–Kier alpha value is -2.38. The summed E-state index contributed by atoms with van der Waals surface area (Å²) in [6, 6.07) is 0.533. The average molecular weight is 283 g/mol. The van der Waals surface area contributed by atoms with Gasteiger partial charge in [-0.05, 0) is 19.4 Å². The summed E-state index contributed by atoms with van der Waals surface area (Å²) in [5.74, 6) is -2.16. The van der Waals surface area contributed by atoms with E-state index in [2.05, 4.69) is 10.4 Å². The lowest BCUT2D eigenvalue weighted by Crippen LogP contribution is -2.42. The lowest BCUT2D eigenvalue weighted by atomic mass is 10.1. The molecule has 8 heteroatoms. The molecule has 1 heterocycles. The molecular formula is C12H17N3O5. The number of hydrogen-bond donors (Lipinski definition) is 2. The van der Waals surface area contributed by atoms with E-state index in [4.69, 9.17) is 9.84 Å². The average Bonchev–Trinajstić information content (AvgIpc) is 2.87. The summed E-state index contributed by atoms with van der Waals surface area (Å²) in [7, 11) is 0. The first-order valence-corrected chi connectivity index (χ1v) is 6.18. The topological polar surface area (TPSA) is 111 Å². The van der Waals surface area contributed by atoms with E-state index in [-0.39, 0.29) is 26.0 Å². The van der Waals surface area contributed by atoms with Crippen LogP contribution in [0, 0.1) is 0 Å². The van der Waals surface area contributed by atoms with Crippen LogP contribution in [0.1, 0.15) is 19.8 Å². The highest BCUT2D eigenvalue weighted by Crippen LogP contribution is 2.00. The first-order valence-electron chi connectivity index (χ1n) is 6.18. The van der Waals surface area contributed by atoms with E-state index in [1.54, 1.807) is 19.2 Å². The van der Waals surface area contributed by atoms with Crippen molar-refractivity contribution in [3.63, 3.8) is 0 Å². The second kappa shape index (κ2) is 7.93. The van der Waals surface area contributed by atoms with Crippen LogP contribution in [-0.4, -0.2) is 45.4 Å². The molecule has 1 aromatic heterocycles. The molecule has 1 amide bonds. The molecule has 0 saturated carbocycles. The summed E-state index contributed by atoms with van der Waals surface area (Å²) in [5, 5.41) is 15.2. The Kier molecular flexibility index (Phi) is 6.21. The summed E-state index contributed by atoms with van der Waals surface area (Å²) in [6.07, 6.45) is 3.03. The summed E-state index contributed by atoms with van der Waals surface area (Å²) in [5.41, 5.74) is 0. The molecule has 0 fully saturated rings. The van der Waals surface area contributed by atoms with Crippen molar-refractivity contribution < 1.29 is 24.2 Å². The van der Waals surface area contributed by atoms with Gasteiger partial charge in [0.2, 0.25) is 5.91 Å². The molecule has 0 aliphatic carbocycles. The van der Waals surface area contributed by atoms with Crippen molar-refractivity contribution in [3.05, 3.63) is 18.5 Å². The van der Waals surface area contributed by atoms with Gasteiger partial charge in [0.1, 0.15) is 12.6 Å². The maximum Gasteiger partial charge on any atom is 0.326 e. The number of carbonyl (C=O) groups is 3. The number of nitrogens with zero attached hydrogens (tertiary/aromatic N) is 2. The lowest BCUT2D eigenvalue weighted by molar-refractivity contribution is -0.145. The molecule has 0 spiro atoms. The normalized spacial score (nSPS) is 11.7. The predicted molar refractivity (Wildman–Crippen MR) is 67.7 cm³/mol. The fourth-order valence-electron chi connectivity index (χ4n) is 1.53. The minimum absolute atomic E-state index is 0.0149. The van der Waals surface area contributed by atoms with Gasteiger partial charge in [0.15, 0.2) is 0 Å². The third-order valence-corrected chi connectivity index (χ3v) is 2.44. The molecule has 2 N–H and O–H groups in total. The Morgan fingerprint density at radius 2 is 2.20 bits per heavy atom. The summed E-state index contributed by atoms with van der Waals surface area (Å²) in [6.45, 7) is 1.83. The maximum atomic E-state index is 11.6. The minimum atomic E-state index is -1.19. The van der Waals surface area contributed by atoms with Crippen LogP contribution in [0.15, 0.2) is 18.5 Å². The highest BCUT2D eigenvalue weighted by atomic mass is 16.5. The van der Waals surface area contributed by atoms with Crippen molar-refractivity contribution in [2.24, 2.45) is 0 Å². The molecule has 0 aliphatic rings. The molecule has 1 rings (SSSR count). The third kappa shape index (κ3) is 5.51. The van der Waals surface area contributed by atoms with Gasteiger partial charge in [-0.3, -0.25) is 14.3 Å². The molecular weight excluding hydrogens is 266 g/mol. The SMILES string of the molecule is CCOC(=O)CC[C@H](NC(=O)Cn1cccn1)C(=O)O. The smallest absolute Gasteiger partial charge is 0.326 e. The van der Waals surface area contributed by atoms with Crippen molar-refractivity contribution in [3.8, 4) is 0 Å². The van der Waals surface area contributed by atoms with Gasteiger partial charge in [0.05, 0.1) is 6.61 Å². The molecule has 0 radical (unpaired) electrons. The van der Waals surface area contributed by atoms with Crippen LogP contribution < -0.4 is 5.32 Å². The number of esters is 1. The van der Waals surface area contributed by atoms with E-state index in [1.165, 1.54) is 10.9 Å². The molecule has 8 nitrogen and oxygen atoms in total. The van der Waals surface area contributed by atoms with Crippen LogP contribution >= 0.6 is 0 Å². The Bertz CT molecular complexity index is 458. The highest BCUT2D eigenvalue weighted by molar-refractivity contribution is 5.83. The molecule has 1 atom stereocenters. The fourth-order valence-corrected chi connectivity index (χ4v) is 1.53. The lowest BCUT2D eigenvalue weighted by Gasteiger charge is -2.14. The number of amides is 1. The number of nitrogens with one attached hydrogen (secondary N) is 1. The van der Waals surface area contributed by atoms with E-state index in [9.17, 15) is 14.4 Å². The Labute approximate surface area is 115 Å². The number of carbonyl (C=O) groups excluding carboxylic acids is 2. The summed E-state index contributed by atoms with van der Waals surface area (Å²) in [4.78, 5) is 33.8. The zero-order chi connectivity index (χ0) is 15.0. The molecule has 20 heavy (non-hydrogen) atoms. The zero-order valence-electron chi connectivity index (χ0n) is 11.1. The van der Waals surface area contributed by atoms with E-state index in [0.29, 0.717) is 0 Å². The van der Waals surface area contributed by atoms with Crippen LogP contribution in [0.3, 0.4) is 0 Å². The molecule has 110 valence electrons. The first kappa shape index (κ1) is 15.7. The number of aliphatic carboxylic acids is 1. The summed E-state index contributed by atoms with van der Waals surface area (Å²) < 4.78 is 6.08. The van der Waals surface area contributed by atoms with Gasteiger partial charge in [-0.25, -0.2) is 4.79 Å². The van der Waals surface area contributed by atoms with Crippen molar-refractivity contribution in [2.45, 2.75) is 32.4 Å². The maximum absolute atomic E-state index is 11.6. The van der Waals surface area contributed by atoms with Gasteiger partial charge >= 0.3 is 11.9 Å². The predicted octanol–water partition coefficient (Wildman–Crippen LogP) is -0.204. The van der Waals surface area contributed by atoms with Crippen LogP contribution in [-0.2, 0) is 25.7 Å². The highest BCUT2D eigenvalue weighted by Gasteiger charge is 2.21. The molecule has 0 bridgehead atoms. The van der Waals surface area contributed by atoms with Crippen LogP contribution in [0.25, 0.3) is 0 Å². The first-order chi connectivity index (χ1) is 9.52. The Morgan fingerprint density at radius 1 is 1.45 bits per heavy atom. The van der Waals surface area contributed by atoms with Gasteiger partial charge in [0, 0.05) is 18.8 Å². The Morgan fingerprint density at radius 3 is 2.75 bits per heavy atom. The second-order valence-electron chi connectivity index (χ2n) is 4.01.